The number of unbranched alkanes of at least 4 members (excludes halogenated alkanes) is 1. The van der Waals surface area contributed by atoms with Crippen LogP contribution in [0.2, 0.25) is 5.02 Å². The van der Waals surface area contributed by atoms with Crippen LogP contribution in [0, 0.1) is 0 Å². The molecule has 0 aromatic heterocycles. The summed E-state index contributed by atoms with van der Waals surface area (Å²) >= 11 is 6.45. The summed E-state index contributed by atoms with van der Waals surface area (Å²) < 4.78 is 5.89. The maximum Gasteiger partial charge on any atom is 0.138 e. The Morgan fingerprint density at radius 3 is 2.61 bits per heavy atom. The Hall–Kier alpha value is -1.29. The van der Waals surface area contributed by atoms with Crippen LogP contribution in [0.1, 0.15) is 12.8 Å². The van der Waals surface area contributed by atoms with E-state index >= 15 is 0 Å². The van der Waals surface area contributed by atoms with Gasteiger partial charge in [-0.25, -0.2) is 0 Å². The molecule has 0 radical (unpaired) electrons. The summed E-state index contributed by atoms with van der Waals surface area (Å²) in [6.07, 6.45) is 2.24. The molecule has 0 spiro atoms. The fraction of sp³-hybridized carbons (Fsp3) is 0.474. The summed E-state index contributed by atoms with van der Waals surface area (Å²) in [7, 11) is 2.19. The zero-order valence-electron chi connectivity index (χ0n) is 13.8. The first-order valence-corrected chi connectivity index (χ1v) is 8.83. The Morgan fingerprint density at radius 1 is 1.00 bits per heavy atom. The minimum absolute atomic E-state index is 0.724. The van der Waals surface area contributed by atoms with E-state index < -0.39 is 0 Å². The fourth-order valence-corrected chi connectivity index (χ4v) is 3.31. The summed E-state index contributed by atoms with van der Waals surface area (Å²) in [6, 6.07) is 12.2. The third kappa shape index (κ3) is 4.37. The molecule has 1 fully saturated rings. The third-order valence-electron chi connectivity index (χ3n) is 4.55. The van der Waals surface area contributed by atoms with Gasteiger partial charge < -0.3 is 14.5 Å². The number of halogens is 1. The van der Waals surface area contributed by atoms with Gasteiger partial charge in [-0.1, -0.05) is 41.9 Å². The molecule has 2 aromatic carbocycles. The topological polar surface area (TPSA) is 15.7 Å². The van der Waals surface area contributed by atoms with Gasteiger partial charge in [0.1, 0.15) is 5.75 Å². The second-order valence-corrected chi connectivity index (χ2v) is 6.68. The van der Waals surface area contributed by atoms with Gasteiger partial charge in [-0.05, 0) is 37.9 Å². The molecule has 1 heterocycles. The van der Waals surface area contributed by atoms with E-state index in [0.717, 1.165) is 34.6 Å². The molecule has 3 rings (SSSR count). The number of rotatable bonds is 6. The molecule has 1 saturated heterocycles. The Morgan fingerprint density at radius 2 is 1.78 bits per heavy atom. The van der Waals surface area contributed by atoms with Gasteiger partial charge in [0.05, 0.1) is 11.6 Å². The maximum absolute atomic E-state index is 6.45. The van der Waals surface area contributed by atoms with Gasteiger partial charge in [0.25, 0.3) is 0 Å². The molecule has 124 valence electrons. The van der Waals surface area contributed by atoms with E-state index in [2.05, 4.69) is 29.0 Å². The Kier molecular flexibility index (Phi) is 5.76. The van der Waals surface area contributed by atoms with Crippen LogP contribution in [-0.2, 0) is 0 Å². The third-order valence-corrected chi connectivity index (χ3v) is 4.94. The number of likely N-dealkylation sites (N-methyl/N-ethyl adjacent to an activating group) is 1. The maximum atomic E-state index is 6.45. The largest absolute Gasteiger partial charge is 0.492 e. The first kappa shape index (κ1) is 16.6. The monoisotopic (exact) mass is 332 g/mol. The fourth-order valence-electron chi connectivity index (χ4n) is 3.02. The number of nitrogens with zero attached hydrogens (tertiary/aromatic N) is 2. The van der Waals surface area contributed by atoms with Crippen LogP contribution in [0.4, 0.5) is 0 Å². The minimum Gasteiger partial charge on any atom is -0.492 e. The predicted octanol–water partition coefficient (Wildman–Crippen LogP) is 3.90. The van der Waals surface area contributed by atoms with Crippen molar-refractivity contribution in [2.75, 3.05) is 46.4 Å². The molecule has 23 heavy (non-hydrogen) atoms. The number of hydrogen-bond donors (Lipinski definition) is 0. The van der Waals surface area contributed by atoms with E-state index in [-0.39, 0.29) is 0 Å². The molecule has 0 amide bonds. The lowest BCUT2D eigenvalue weighted by atomic mass is 10.1. The van der Waals surface area contributed by atoms with Crippen molar-refractivity contribution < 1.29 is 4.74 Å². The highest BCUT2D eigenvalue weighted by molar-refractivity contribution is 6.37. The van der Waals surface area contributed by atoms with Crippen LogP contribution in [0.5, 0.6) is 5.75 Å². The smallest absolute Gasteiger partial charge is 0.138 e. The quantitative estimate of drug-likeness (QED) is 0.746. The molecule has 0 saturated carbocycles. The van der Waals surface area contributed by atoms with E-state index in [0.29, 0.717) is 0 Å². The van der Waals surface area contributed by atoms with Gasteiger partial charge in [-0.15, -0.1) is 0 Å². The van der Waals surface area contributed by atoms with Gasteiger partial charge >= 0.3 is 0 Å². The molecular formula is C19H25ClN2O. The molecule has 2 aromatic rings. The molecule has 1 aliphatic heterocycles. The zero-order valence-corrected chi connectivity index (χ0v) is 14.6. The van der Waals surface area contributed by atoms with Crippen molar-refractivity contribution in [3.8, 4) is 5.75 Å². The van der Waals surface area contributed by atoms with E-state index in [4.69, 9.17) is 16.3 Å². The van der Waals surface area contributed by atoms with Gasteiger partial charge in [0.15, 0.2) is 0 Å². The normalized spacial score (nSPS) is 16.8. The average Bonchev–Trinajstić information content (AvgIpc) is 2.58. The molecule has 0 atom stereocenters. The lowest BCUT2D eigenvalue weighted by Crippen LogP contribution is -2.44. The SMILES string of the molecule is CN1CCN(CCCCOc2ccc3ccccc3c2Cl)CC1. The van der Waals surface area contributed by atoms with Crippen LogP contribution < -0.4 is 4.74 Å². The number of fused-ring (bicyclic) bond motifs is 1. The van der Waals surface area contributed by atoms with Crippen molar-refractivity contribution in [2.45, 2.75) is 12.8 Å². The summed E-state index contributed by atoms with van der Waals surface area (Å²) in [5, 5.41) is 2.94. The van der Waals surface area contributed by atoms with Crippen molar-refractivity contribution in [3.63, 3.8) is 0 Å². The highest BCUT2D eigenvalue weighted by Gasteiger charge is 2.12. The van der Waals surface area contributed by atoms with Crippen molar-refractivity contribution in [2.24, 2.45) is 0 Å². The van der Waals surface area contributed by atoms with Gasteiger partial charge in [-0.3, -0.25) is 0 Å². The lowest BCUT2D eigenvalue weighted by molar-refractivity contribution is 0.150. The molecular weight excluding hydrogens is 308 g/mol. The number of hydrogen-bond acceptors (Lipinski definition) is 3. The highest BCUT2D eigenvalue weighted by atomic mass is 35.5. The predicted molar refractivity (Wildman–Crippen MR) is 97.6 cm³/mol. The van der Waals surface area contributed by atoms with Crippen LogP contribution in [-0.4, -0.2) is 56.2 Å². The molecule has 0 aliphatic carbocycles. The van der Waals surface area contributed by atoms with Crippen LogP contribution >= 0.6 is 11.6 Å². The van der Waals surface area contributed by atoms with E-state index in [1.165, 1.54) is 39.1 Å². The van der Waals surface area contributed by atoms with Crippen molar-refractivity contribution in [1.29, 1.82) is 0 Å². The second kappa shape index (κ2) is 8.00. The van der Waals surface area contributed by atoms with Crippen LogP contribution in [0.15, 0.2) is 36.4 Å². The minimum atomic E-state index is 0.724. The van der Waals surface area contributed by atoms with Crippen LogP contribution in [0.25, 0.3) is 10.8 Å². The molecule has 1 aliphatic rings. The van der Waals surface area contributed by atoms with Gasteiger partial charge in [-0.2, -0.15) is 0 Å². The molecule has 0 N–H and O–H groups in total. The molecule has 4 heteroatoms. The number of ether oxygens (including phenoxy) is 1. The van der Waals surface area contributed by atoms with Crippen LogP contribution in [0.3, 0.4) is 0 Å². The standard InChI is InChI=1S/C19H25ClN2O/c1-21-11-13-22(14-12-21)10-4-5-15-23-18-9-8-16-6-2-3-7-17(16)19(18)20/h2-3,6-9H,4-5,10-15H2,1H3. The number of benzene rings is 2. The second-order valence-electron chi connectivity index (χ2n) is 6.30. The Labute approximate surface area is 143 Å². The Balaban J connectivity index is 1.43. The molecule has 0 unspecified atom stereocenters. The van der Waals surface area contributed by atoms with E-state index in [1.54, 1.807) is 0 Å². The molecule has 3 nitrogen and oxygen atoms in total. The highest BCUT2D eigenvalue weighted by Crippen LogP contribution is 2.32. The number of piperazine rings is 1. The summed E-state index contributed by atoms with van der Waals surface area (Å²) in [6.45, 7) is 6.64. The molecule has 0 bridgehead atoms. The summed E-state index contributed by atoms with van der Waals surface area (Å²) in [4.78, 5) is 4.93. The Bertz CT molecular complexity index is 638. The summed E-state index contributed by atoms with van der Waals surface area (Å²) in [5.74, 6) is 0.796. The van der Waals surface area contributed by atoms with E-state index in [9.17, 15) is 0 Å². The van der Waals surface area contributed by atoms with Crippen molar-refractivity contribution in [1.82, 2.24) is 9.80 Å². The van der Waals surface area contributed by atoms with Crippen molar-refractivity contribution >= 4 is 22.4 Å². The first-order chi connectivity index (χ1) is 11.2. The summed E-state index contributed by atoms with van der Waals surface area (Å²) in [5.41, 5.74) is 0. The van der Waals surface area contributed by atoms with Crippen molar-refractivity contribution in [3.05, 3.63) is 41.4 Å². The van der Waals surface area contributed by atoms with Gasteiger partial charge in [0, 0.05) is 31.6 Å². The first-order valence-electron chi connectivity index (χ1n) is 8.45. The average molecular weight is 333 g/mol. The van der Waals surface area contributed by atoms with Gasteiger partial charge in [0.2, 0.25) is 0 Å². The zero-order chi connectivity index (χ0) is 16.1. The lowest BCUT2D eigenvalue weighted by Gasteiger charge is -2.32. The van der Waals surface area contributed by atoms with E-state index in [1.807, 2.05) is 24.3 Å².